The molecule has 0 aromatic heterocycles. The number of halogens is 3. The van der Waals surface area contributed by atoms with Gasteiger partial charge in [-0.3, -0.25) is 4.79 Å². The average molecular weight is 212 g/mol. The molecule has 1 aliphatic rings. The van der Waals surface area contributed by atoms with E-state index in [9.17, 15) is 18.0 Å². The Morgan fingerprint density at radius 1 is 1.50 bits per heavy atom. The maximum Gasteiger partial charge on any atom is 0.471 e. The van der Waals surface area contributed by atoms with Gasteiger partial charge in [-0.1, -0.05) is 0 Å². The van der Waals surface area contributed by atoms with Crippen LogP contribution in [0, 0.1) is 0 Å². The van der Waals surface area contributed by atoms with E-state index in [0.29, 0.717) is 13.1 Å². The summed E-state index contributed by atoms with van der Waals surface area (Å²) in [7, 11) is 1.39. The van der Waals surface area contributed by atoms with Gasteiger partial charge in [0.2, 0.25) is 0 Å². The number of methoxy groups -OCH3 is 1. The molecule has 0 bridgehead atoms. The summed E-state index contributed by atoms with van der Waals surface area (Å²) in [4.78, 5) is 10.6. The third kappa shape index (κ3) is 2.58. The minimum Gasteiger partial charge on any atom is -0.378 e. The van der Waals surface area contributed by atoms with Crippen LogP contribution in [0.1, 0.15) is 0 Å². The average Bonchev–Trinajstić information content (AvgIpc) is 2.50. The predicted octanol–water partition coefficient (Wildman–Crippen LogP) is -0.348. The smallest absolute Gasteiger partial charge is 0.378 e. The SMILES string of the molecule is CO[C@H]1CNC[C@H]1NC(=O)C(F)(F)F. The summed E-state index contributed by atoms with van der Waals surface area (Å²) in [6.45, 7) is 0.736. The molecule has 4 nitrogen and oxygen atoms in total. The Kier molecular flexibility index (Phi) is 3.33. The van der Waals surface area contributed by atoms with Crippen molar-refractivity contribution in [2.75, 3.05) is 20.2 Å². The van der Waals surface area contributed by atoms with E-state index in [1.807, 2.05) is 5.32 Å². The van der Waals surface area contributed by atoms with Gasteiger partial charge in [-0.15, -0.1) is 0 Å². The van der Waals surface area contributed by atoms with Gasteiger partial charge in [0.1, 0.15) is 0 Å². The lowest BCUT2D eigenvalue weighted by Gasteiger charge is -2.19. The van der Waals surface area contributed by atoms with Gasteiger partial charge in [0.15, 0.2) is 0 Å². The molecule has 2 atom stereocenters. The molecule has 2 N–H and O–H groups in total. The minimum absolute atomic E-state index is 0.292. The van der Waals surface area contributed by atoms with Crippen molar-refractivity contribution in [3.63, 3.8) is 0 Å². The summed E-state index contributed by atoms with van der Waals surface area (Å²) in [5.74, 6) is -1.92. The molecule has 0 aromatic carbocycles. The van der Waals surface area contributed by atoms with Crippen LogP contribution in [0.15, 0.2) is 0 Å². The Labute approximate surface area is 78.8 Å². The fraction of sp³-hybridized carbons (Fsp3) is 0.857. The van der Waals surface area contributed by atoms with Gasteiger partial charge in [0.25, 0.3) is 0 Å². The number of ether oxygens (including phenoxy) is 1. The second-order valence-corrected chi connectivity index (χ2v) is 3.01. The highest BCUT2D eigenvalue weighted by atomic mass is 19.4. The predicted molar refractivity (Wildman–Crippen MR) is 41.7 cm³/mol. The number of carbonyl (C=O) groups is 1. The van der Waals surface area contributed by atoms with Crippen LogP contribution >= 0.6 is 0 Å². The highest BCUT2D eigenvalue weighted by molar-refractivity contribution is 5.82. The van der Waals surface area contributed by atoms with E-state index in [4.69, 9.17) is 4.74 Å². The number of alkyl halides is 3. The fourth-order valence-corrected chi connectivity index (χ4v) is 1.30. The lowest BCUT2D eigenvalue weighted by Crippen LogP contribution is -2.48. The third-order valence-corrected chi connectivity index (χ3v) is 2.04. The quantitative estimate of drug-likeness (QED) is 0.658. The van der Waals surface area contributed by atoms with Crippen LogP contribution in [0.5, 0.6) is 0 Å². The minimum atomic E-state index is -4.83. The molecule has 1 saturated heterocycles. The molecule has 0 spiro atoms. The number of amides is 1. The van der Waals surface area contributed by atoms with E-state index >= 15 is 0 Å². The second-order valence-electron chi connectivity index (χ2n) is 3.01. The first-order valence-corrected chi connectivity index (χ1v) is 4.06. The molecule has 14 heavy (non-hydrogen) atoms. The monoisotopic (exact) mass is 212 g/mol. The van der Waals surface area contributed by atoms with Crippen LogP contribution in [-0.2, 0) is 9.53 Å². The molecule has 1 amide bonds. The summed E-state index contributed by atoms with van der Waals surface area (Å²) >= 11 is 0. The van der Waals surface area contributed by atoms with E-state index in [0.717, 1.165) is 0 Å². The van der Waals surface area contributed by atoms with E-state index in [-0.39, 0.29) is 0 Å². The van der Waals surface area contributed by atoms with Gasteiger partial charge in [0, 0.05) is 20.2 Å². The first-order chi connectivity index (χ1) is 6.45. The van der Waals surface area contributed by atoms with E-state index in [2.05, 4.69) is 5.32 Å². The molecule has 0 aliphatic carbocycles. The molecule has 82 valence electrons. The molecule has 7 heteroatoms. The van der Waals surface area contributed by atoms with E-state index in [1.54, 1.807) is 0 Å². The van der Waals surface area contributed by atoms with Gasteiger partial charge in [-0.2, -0.15) is 13.2 Å². The Bertz CT molecular complexity index is 219. The van der Waals surface area contributed by atoms with Crippen molar-refractivity contribution in [3.8, 4) is 0 Å². The fourth-order valence-electron chi connectivity index (χ4n) is 1.30. The first kappa shape index (κ1) is 11.3. The Morgan fingerprint density at radius 3 is 2.64 bits per heavy atom. The van der Waals surface area contributed by atoms with Crippen LogP contribution in [0.2, 0.25) is 0 Å². The summed E-state index contributed by atoms with van der Waals surface area (Å²) in [6.07, 6.45) is -5.23. The van der Waals surface area contributed by atoms with Crippen molar-refractivity contribution in [1.82, 2.24) is 10.6 Å². The summed E-state index contributed by atoms with van der Waals surface area (Å²) < 4.78 is 40.5. The van der Waals surface area contributed by atoms with Crippen molar-refractivity contribution in [1.29, 1.82) is 0 Å². The van der Waals surface area contributed by atoms with Gasteiger partial charge in [-0.05, 0) is 0 Å². The van der Waals surface area contributed by atoms with Crippen molar-refractivity contribution < 1.29 is 22.7 Å². The molecule has 1 heterocycles. The van der Waals surface area contributed by atoms with Crippen LogP contribution in [-0.4, -0.2) is 44.4 Å². The number of rotatable bonds is 2. The molecular formula is C7H11F3N2O2. The number of nitrogens with one attached hydrogen (secondary N) is 2. The Hall–Kier alpha value is -0.820. The summed E-state index contributed by atoms with van der Waals surface area (Å²) in [5, 5.41) is 4.69. The van der Waals surface area contributed by atoms with E-state index < -0.39 is 24.2 Å². The molecule has 1 rings (SSSR count). The molecule has 1 fully saturated rings. The molecular weight excluding hydrogens is 201 g/mol. The Morgan fingerprint density at radius 2 is 2.14 bits per heavy atom. The van der Waals surface area contributed by atoms with Crippen LogP contribution in [0.4, 0.5) is 13.2 Å². The highest BCUT2D eigenvalue weighted by Gasteiger charge is 2.41. The number of hydrogen-bond donors (Lipinski definition) is 2. The third-order valence-electron chi connectivity index (χ3n) is 2.04. The maximum absolute atomic E-state index is 11.9. The normalized spacial score (nSPS) is 27.7. The van der Waals surface area contributed by atoms with Crippen molar-refractivity contribution >= 4 is 5.91 Å². The maximum atomic E-state index is 11.9. The molecule has 0 unspecified atom stereocenters. The van der Waals surface area contributed by atoms with Gasteiger partial charge < -0.3 is 15.4 Å². The number of carbonyl (C=O) groups excluding carboxylic acids is 1. The van der Waals surface area contributed by atoms with Crippen LogP contribution < -0.4 is 10.6 Å². The molecule has 0 aromatic rings. The zero-order chi connectivity index (χ0) is 10.8. The summed E-state index contributed by atoms with van der Waals surface area (Å²) in [5.41, 5.74) is 0. The molecule has 0 saturated carbocycles. The lowest BCUT2D eigenvalue weighted by atomic mass is 10.2. The second kappa shape index (κ2) is 4.14. The molecule has 0 radical (unpaired) electrons. The lowest BCUT2D eigenvalue weighted by molar-refractivity contribution is -0.174. The topological polar surface area (TPSA) is 50.4 Å². The standard InChI is InChI=1S/C7H11F3N2O2/c1-14-5-3-11-2-4(5)12-6(13)7(8,9)10/h4-5,11H,2-3H2,1H3,(H,12,13)/t4-,5+/m1/s1. The highest BCUT2D eigenvalue weighted by Crippen LogP contribution is 2.15. The van der Waals surface area contributed by atoms with Gasteiger partial charge >= 0.3 is 12.1 Å². The zero-order valence-electron chi connectivity index (χ0n) is 7.52. The van der Waals surface area contributed by atoms with E-state index in [1.165, 1.54) is 7.11 Å². The Balaban J connectivity index is 2.48. The van der Waals surface area contributed by atoms with Crippen LogP contribution in [0.25, 0.3) is 0 Å². The van der Waals surface area contributed by atoms with Gasteiger partial charge in [0.05, 0.1) is 12.1 Å². The number of hydrogen-bond acceptors (Lipinski definition) is 3. The largest absolute Gasteiger partial charge is 0.471 e. The van der Waals surface area contributed by atoms with Crippen molar-refractivity contribution in [2.45, 2.75) is 18.3 Å². The molecule has 1 aliphatic heterocycles. The first-order valence-electron chi connectivity index (χ1n) is 4.06. The van der Waals surface area contributed by atoms with Gasteiger partial charge in [-0.25, -0.2) is 0 Å². The van der Waals surface area contributed by atoms with Crippen molar-refractivity contribution in [2.24, 2.45) is 0 Å². The zero-order valence-corrected chi connectivity index (χ0v) is 7.52. The van der Waals surface area contributed by atoms with Crippen LogP contribution in [0.3, 0.4) is 0 Å². The summed E-state index contributed by atoms with van der Waals surface area (Å²) in [6, 6.07) is -0.617. The van der Waals surface area contributed by atoms with Crippen molar-refractivity contribution in [3.05, 3.63) is 0 Å².